The van der Waals surface area contributed by atoms with Gasteiger partial charge in [0.25, 0.3) is 5.91 Å². The molecule has 3 aromatic rings. The molecule has 3 rings (SSSR count). The molecule has 0 unspecified atom stereocenters. The van der Waals surface area contributed by atoms with E-state index in [0.717, 1.165) is 5.56 Å². The van der Waals surface area contributed by atoms with Crippen molar-refractivity contribution in [1.82, 2.24) is 20.4 Å². The van der Waals surface area contributed by atoms with Gasteiger partial charge < -0.3 is 14.2 Å². The molecule has 9 heteroatoms. The van der Waals surface area contributed by atoms with Crippen LogP contribution in [-0.4, -0.2) is 48.4 Å². The first-order chi connectivity index (χ1) is 14.1. The van der Waals surface area contributed by atoms with Crippen molar-refractivity contribution in [2.45, 2.75) is 6.54 Å². The van der Waals surface area contributed by atoms with E-state index in [-0.39, 0.29) is 12.5 Å². The second-order valence-corrected chi connectivity index (χ2v) is 5.92. The first kappa shape index (κ1) is 19.9. The Labute approximate surface area is 167 Å². The third-order valence-corrected chi connectivity index (χ3v) is 4.00. The minimum Gasteiger partial charge on any atom is -0.493 e. The van der Waals surface area contributed by atoms with Gasteiger partial charge in [-0.25, -0.2) is 10.1 Å². The zero-order valence-corrected chi connectivity index (χ0v) is 16.3. The minimum atomic E-state index is -0.335. The molecule has 1 aromatic heterocycles. The maximum Gasteiger partial charge on any atom is 0.261 e. The van der Waals surface area contributed by atoms with Gasteiger partial charge in [0.15, 0.2) is 11.5 Å². The number of rotatable bonds is 8. The van der Waals surface area contributed by atoms with Crippen molar-refractivity contribution in [2.75, 3.05) is 21.3 Å². The predicted molar refractivity (Wildman–Crippen MR) is 107 cm³/mol. The van der Waals surface area contributed by atoms with Crippen molar-refractivity contribution in [1.29, 1.82) is 0 Å². The highest BCUT2D eigenvalue weighted by Crippen LogP contribution is 2.37. The number of hydrogen-bond donors (Lipinski definition) is 1. The molecule has 0 saturated carbocycles. The van der Waals surface area contributed by atoms with Crippen LogP contribution in [0.3, 0.4) is 0 Å². The molecule has 0 aliphatic carbocycles. The summed E-state index contributed by atoms with van der Waals surface area (Å²) >= 11 is 0. The number of aromatic nitrogens is 3. The fraction of sp³-hybridized carbons (Fsp3) is 0.200. The van der Waals surface area contributed by atoms with Crippen molar-refractivity contribution in [2.24, 2.45) is 5.10 Å². The van der Waals surface area contributed by atoms with E-state index in [2.05, 4.69) is 20.8 Å². The summed E-state index contributed by atoms with van der Waals surface area (Å²) in [6.07, 6.45) is 3.19. The Morgan fingerprint density at radius 3 is 2.41 bits per heavy atom. The van der Waals surface area contributed by atoms with E-state index in [1.807, 2.05) is 30.3 Å². The molecule has 0 aliphatic rings. The first-order valence-corrected chi connectivity index (χ1v) is 8.72. The summed E-state index contributed by atoms with van der Waals surface area (Å²) in [5, 5.41) is 12.0. The molecule has 150 valence electrons. The Morgan fingerprint density at radius 2 is 1.79 bits per heavy atom. The van der Waals surface area contributed by atoms with Crippen LogP contribution in [-0.2, 0) is 11.3 Å². The number of hydrogen-bond acceptors (Lipinski definition) is 7. The Balaban J connectivity index is 1.62. The monoisotopic (exact) mass is 395 g/mol. The van der Waals surface area contributed by atoms with Crippen LogP contribution in [0.2, 0.25) is 0 Å². The number of nitrogens with one attached hydrogen (secondary N) is 1. The smallest absolute Gasteiger partial charge is 0.261 e. The molecule has 0 atom stereocenters. The largest absolute Gasteiger partial charge is 0.493 e. The van der Waals surface area contributed by atoms with Crippen LogP contribution in [0.5, 0.6) is 17.2 Å². The molecule has 1 N–H and O–H groups in total. The molecule has 9 nitrogen and oxygen atoms in total. The van der Waals surface area contributed by atoms with Crippen molar-refractivity contribution in [3.63, 3.8) is 0 Å². The summed E-state index contributed by atoms with van der Waals surface area (Å²) in [5.41, 5.74) is 4.76. The molecule has 0 spiro atoms. The van der Waals surface area contributed by atoms with Gasteiger partial charge >= 0.3 is 0 Å². The van der Waals surface area contributed by atoms with Crippen LogP contribution < -0.4 is 19.6 Å². The molecular weight excluding hydrogens is 374 g/mol. The summed E-state index contributed by atoms with van der Waals surface area (Å²) in [5.74, 6) is 1.14. The zero-order chi connectivity index (χ0) is 20.6. The van der Waals surface area contributed by atoms with Gasteiger partial charge in [-0.15, -0.1) is 5.10 Å². The Bertz CT molecular complexity index is 976. The Hall–Kier alpha value is -3.88. The summed E-state index contributed by atoms with van der Waals surface area (Å²) in [6.45, 7) is -0.00751. The van der Waals surface area contributed by atoms with Gasteiger partial charge in [-0.3, -0.25) is 4.79 Å². The standard InChI is InChI=1S/C20H21N5O4/c1-27-17-9-14(10-18(28-2)20(17)29-3)11-21-23-19(26)13-25-12-16(22-24-25)15-7-5-4-6-8-15/h4-12H,13H2,1-3H3,(H,23,26). The molecule has 0 saturated heterocycles. The highest BCUT2D eigenvalue weighted by molar-refractivity contribution is 5.84. The van der Waals surface area contributed by atoms with Crippen molar-refractivity contribution < 1.29 is 19.0 Å². The zero-order valence-electron chi connectivity index (χ0n) is 16.3. The second kappa shape index (κ2) is 9.36. The van der Waals surface area contributed by atoms with Gasteiger partial charge in [-0.1, -0.05) is 35.5 Å². The van der Waals surface area contributed by atoms with Crippen molar-refractivity contribution >= 4 is 12.1 Å². The lowest BCUT2D eigenvalue weighted by Crippen LogP contribution is -2.23. The highest BCUT2D eigenvalue weighted by Gasteiger charge is 2.12. The Kier molecular flexibility index (Phi) is 6.41. The van der Waals surface area contributed by atoms with E-state index in [1.165, 1.54) is 32.2 Å². The fourth-order valence-electron chi connectivity index (χ4n) is 2.65. The highest BCUT2D eigenvalue weighted by atomic mass is 16.5. The molecule has 1 heterocycles. The van der Waals surface area contributed by atoms with Gasteiger partial charge in [-0.2, -0.15) is 5.10 Å². The number of hydrazone groups is 1. The van der Waals surface area contributed by atoms with E-state index in [9.17, 15) is 4.79 Å². The topological polar surface area (TPSA) is 99.9 Å². The molecule has 29 heavy (non-hydrogen) atoms. The number of carbonyl (C=O) groups is 1. The molecule has 0 aliphatic heterocycles. The normalized spacial score (nSPS) is 10.7. The lowest BCUT2D eigenvalue weighted by Gasteiger charge is -2.12. The lowest BCUT2D eigenvalue weighted by molar-refractivity contribution is -0.121. The minimum absolute atomic E-state index is 0.00751. The lowest BCUT2D eigenvalue weighted by atomic mass is 10.2. The predicted octanol–water partition coefficient (Wildman–Crippen LogP) is 2.12. The average Bonchev–Trinajstić information content (AvgIpc) is 3.21. The van der Waals surface area contributed by atoms with Gasteiger partial charge in [0.1, 0.15) is 12.2 Å². The summed E-state index contributed by atoms with van der Waals surface area (Å²) in [7, 11) is 4.59. The van der Waals surface area contributed by atoms with Crippen LogP contribution in [0.4, 0.5) is 0 Å². The van der Waals surface area contributed by atoms with Gasteiger partial charge in [0, 0.05) is 11.1 Å². The van der Waals surface area contributed by atoms with Crippen molar-refractivity contribution in [3.8, 4) is 28.5 Å². The SMILES string of the molecule is COc1cc(C=NNC(=O)Cn2cc(-c3ccccc3)nn2)cc(OC)c1OC. The molecular formula is C20H21N5O4. The average molecular weight is 395 g/mol. The molecule has 0 bridgehead atoms. The second-order valence-electron chi connectivity index (χ2n) is 5.92. The maximum absolute atomic E-state index is 12.1. The maximum atomic E-state index is 12.1. The number of amides is 1. The number of ether oxygens (including phenoxy) is 3. The Morgan fingerprint density at radius 1 is 1.10 bits per heavy atom. The molecule has 0 radical (unpaired) electrons. The van der Waals surface area contributed by atoms with Crippen LogP contribution >= 0.6 is 0 Å². The van der Waals surface area contributed by atoms with Gasteiger partial charge in [0.2, 0.25) is 5.75 Å². The molecule has 2 aromatic carbocycles. The first-order valence-electron chi connectivity index (χ1n) is 8.72. The van der Waals surface area contributed by atoms with E-state index in [4.69, 9.17) is 14.2 Å². The molecule has 1 amide bonds. The van der Waals surface area contributed by atoms with E-state index >= 15 is 0 Å². The van der Waals surface area contributed by atoms with Crippen LogP contribution in [0.25, 0.3) is 11.3 Å². The van der Waals surface area contributed by atoms with Crippen LogP contribution in [0.1, 0.15) is 5.56 Å². The fourth-order valence-corrected chi connectivity index (χ4v) is 2.65. The third kappa shape index (κ3) is 4.89. The van der Waals surface area contributed by atoms with Crippen molar-refractivity contribution in [3.05, 3.63) is 54.2 Å². The number of carbonyl (C=O) groups excluding carboxylic acids is 1. The number of benzene rings is 2. The quantitative estimate of drug-likeness (QED) is 0.463. The number of methoxy groups -OCH3 is 3. The third-order valence-electron chi connectivity index (χ3n) is 4.00. The van der Waals surface area contributed by atoms with E-state index in [1.54, 1.807) is 18.3 Å². The van der Waals surface area contributed by atoms with E-state index < -0.39 is 0 Å². The summed E-state index contributed by atoms with van der Waals surface area (Å²) < 4.78 is 17.3. The van der Waals surface area contributed by atoms with Gasteiger partial charge in [0.05, 0.1) is 33.7 Å². The summed E-state index contributed by atoms with van der Waals surface area (Å²) in [6, 6.07) is 13.1. The molecule has 0 fully saturated rings. The van der Waals surface area contributed by atoms with E-state index in [0.29, 0.717) is 28.5 Å². The van der Waals surface area contributed by atoms with Crippen LogP contribution in [0, 0.1) is 0 Å². The number of nitrogens with zero attached hydrogens (tertiary/aromatic N) is 4. The van der Waals surface area contributed by atoms with Gasteiger partial charge in [-0.05, 0) is 12.1 Å². The summed E-state index contributed by atoms with van der Waals surface area (Å²) in [4.78, 5) is 12.1. The van der Waals surface area contributed by atoms with Crippen LogP contribution in [0.15, 0.2) is 53.8 Å².